The maximum absolute atomic E-state index is 12.8. The summed E-state index contributed by atoms with van der Waals surface area (Å²) in [5, 5.41) is 3.65. The molecule has 0 radical (unpaired) electrons. The van der Waals surface area contributed by atoms with Gasteiger partial charge in [0.1, 0.15) is 6.67 Å². The Kier molecular flexibility index (Phi) is 5.99. The second kappa shape index (κ2) is 7.75. The quantitative estimate of drug-likeness (QED) is 0.861. The molecule has 1 saturated heterocycles. The highest BCUT2D eigenvalue weighted by molar-refractivity contribution is 5.16. The zero-order valence-electron chi connectivity index (χ0n) is 12.7. The number of rotatable bonds is 6. The average molecular weight is 278 g/mol. The first-order valence-corrected chi connectivity index (χ1v) is 7.76. The molecule has 0 saturated carbocycles. The van der Waals surface area contributed by atoms with Gasteiger partial charge in [-0.05, 0) is 24.3 Å². The molecule has 1 N–H and O–H groups in total. The molecule has 2 atom stereocenters. The Morgan fingerprint density at radius 3 is 2.70 bits per heavy atom. The van der Waals surface area contributed by atoms with E-state index in [1.165, 1.54) is 12.0 Å². The summed E-state index contributed by atoms with van der Waals surface area (Å²) in [4.78, 5) is 2.33. The van der Waals surface area contributed by atoms with Gasteiger partial charge in [0.2, 0.25) is 0 Å². The lowest BCUT2D eigenvalue weighted by atomic mass is 9.97. The molecule has 3 heteroatoms. The molecule has 0 spiro atoms. The molecule has 1 heterocycles. The monoisotopic (exact) mass is 278 g/mol. The second-order valence-corrected chi connectivity index (χ2v) is 6.26. The van der Waals surface area contributed by atoms with Crippen molar-refractivity contribution in [3.63, 3.8) is 0 Å². The van der Waals surface area contributed by atoms with Gasteiger partial charge >= 0.3 is 0 Å². The highest BCUT2D eigenvalue weighted by Gasteiger charge is 2.27. The van der Waals surface area contributed by atoms with Crippen molar-refractivity contribution in [2.75, 3.05) is 26.3 Å². The highest BCUT2D eigenvalue weighted by Crippen LogP contribution is 2.16. The van der Waals surface area contributed by atoms with Gasteiger partial charge in [-0.1, -0.05) is 44.2 Å². The fourth-order valence-electron chi connectivity index (χ4n) is 3.13. The third kappa shape index (κ3) is 4.57. The van der Waals surface area contributed by atoms with E-state index in [2.05, 4.69) is 48.3 Å². The van der Waals surface area contributed by atoms with Crippen molar-refractivity contribution in [1.29, 1.82) is 0 Å². The molecule has 1 aromatic carbocycles. The first kappa shape index (κ1) is 15.5. The number of benzene rings is 1. The molecule has 2 nitrogen and oxygen atoms in total. The number of hydrogen-bond acceptors (Lipinski definition) is 2. The van der Waals surface area contributed by atoms with E-state index in [0.29, 0.717) is 24.5 Å². The minimum Gasteiger partial charge on any atom is -0.311 e. The summed E-state index contributed by atoms with van der Waals surface area (Å²) in [5.41, 5.74) is 1.34. The Balaban J connectivity index is 1.94. The fourth-order valence-corrected chi connectivity index (χ4v) is 3.13. The van der Waals surface area contributed by atoms with E-state index in [1.54, 1.807) is 0 Å². The number of nitrogens with one attached hydrogen (secondary N) is 1. The molecular formula is C17H27FN2. The van der Waals surface area contributed by atoms with Crippen LogP contribution in [-0.4, -0.2) is 43.3 Å². The van der Waals surface area contributed by atoms with Crippen molar-refractivity contribution in [3.05, 3.63) is 35.9 Å². The van der Waals surface area contributed by atoms with Crippen LogP contribution in [0.25, 0.3) is 0 Å². The predicted molar refractivity (Wildman–Crippen MR) is 82.7 cm³/mol. The molecule has 112 valence electrons. The van der Waals surface area contributed by atoms with Crippen molar-refractivity contribution in [2.24, 2.45) is 5.92 Å². The van der Waals surface area contributed by atoms with Crippen LogP contribution in [0.15, 0.2) is 30.3 Å². The van der Waals surface area contributed by atoms with Crippen LogP contribution in [0.4, 0.5) is 4.39 Å². The molecule has 20 heavy (non-hydrogen) atoms. The van der Waals surface area contributed by atoms with Crippen LogP contribution >= 0.6 is 0 Å². The van der Waals surface area contributed by atoms with Gasteiger partial charge in [-0.15, -0.1) is 0 Å². The van der Waals surface area contributed by atoms with Gasteiger partial charge in [0.25, 0.3) is 0 Å². The first-order valence-electron chi connectivity index (χ1n) is 7.76. The van der Waals surface area contributed by atoms with E-state index in [1.807, 2.05) is 6.07 Å². The summed E-state index contributed by atoms with van der Waals surface area (Å²) in [6, 6.07) is 11.4. The Morgan fingerprint density at radius 1 is 1.30 bits per heavy atom. The van der Waals surface area contributed by atoms with Crippen LogP contribution in [0.2, 0.25) is 0 Å². The maximum atomic E-state index is 12.8. The fraction of sp³-hybridized carbons (Fsp3) is 0.647. The number of hydrogen-bond donors (Lipinski definition) is 1. The summed E-state index contributed by atoms with van der Waals surface area (Å²) in [6.07, 6.45) is 2.17. The van der Waals surface area contributed by atoms with Gasteiger partial charge in [0.05, 0.1) is 0 Å². The summed E-state index contributed by atoms with van der Waals surface area (Å²) in [7, 11) is 0. The smallest absolute Gasteiger partial charge is 0.102 e. The third-order valence-electron chi connectivity index (χ3n) is 4.06. The van der Waals surface area contributed by atoms with Crippen molar-refractivity contribution in [3.8, 4) is 0 Å². The zero-order chi connectivity index (χ0) is 14.4. The van der Waals surface area contributed by atoms with Gasteiger partial charge in [-0.2, -0.15) is 0 Å². The standard InChI is InChI=1S/C17H27FN2/c1-14(2)10-16-13-20(9-8-18)17(12-19-16)11-15-6-4-3-5-7-15/h3-7,14,16-17,19H,8-13H2,1-2H3. The van der Waals surface area contributed by atoms with E-state index >= 15 is 0 Å². The summed E-state index contributed by atoms with van der Waals surface area (Å²) >= 11 is 0. The minimum atomic E-state index is -0.250. The number of halogens is 1. The van der Waals surface area contributed by atoms with Gasteiger partial charge in [0.15, 0.2) is 0 Å². The molecule has 0 amide bonds. The molecular weight excluding hydrogens is 251 g/mol. The van der Waals surface area contributed by atoms with Crippen molar-refractivity contribution >= 4 is 0 Å². The molecule has 2 unspecified atom stereocenters. The van der Waals surface area contributed by atoms with Gasteiger partial charge in [-0.25, -0.2) is 4.39 Å². The van der Waals surface area contributed by atoms with Gasteiger partial charge in [-0.3, -0.25) is 4.90 Å². The van der Waals surface area contributed by atoms with E-state index < -0.39 is 0 Å². The molecule has 0 aromatic heterocycles. The predicted octanol–water partition coefficient (Wildman–Crippen LogP) is 2.89. The van der Waals surface area contributed by atoms with Crippen LogP contribution in [0.1, 0.15) is 25.8 Å². The summed E-state index contributed by atoms with van der Waals surface area (Å²) in [6.45, 7) is 6.74. The lowest BCUT2D eigenvalue weighted by Crippen LogP contribution is -2.57. The third-order valence-corrected chi connectivity index (χ3v) is 4.06. The van der Waals surface area contributed by atoms with Crippen molar-refractivity contribution in [2.45, 2.75) is 38.8 Å². The molecule has 0 aliphatic carbocycles. The van der Waals surface area contributed by atoms with Crippen LogP contribution in [-0.2, 0) is 6.42 Å². The van der Waals surface area contributed by atoms with Crippen molar-refractivity contribution < 1.29 is 4.39 Å². The average Bonchev–Trinajstić information content (AvgIpc) is 2.42. The lowest BCUT2D eigenvalue weighted by molar-refractivity contribution is 0.113. The summed E-state index contributed by atoms with van der Waals surface area (Å²) in [5.74, 6) is 0.686. The largest absolute Gasteiger partial charge is 0.311 e. The van der Waals surface area contributed by atoms with E-state index in [0.717, 1.165) is 19.5 Å². The Bertz CT molecular complexity index is 380. The number of alkyl halides is 1. The maximum Gasteiger partial charge on any atom is 0.102 e. The van der Waals surface area contributed by atoms with Gasteiger partial charge in [0, 0.05) is 31.7 Å². The van der Waals surface area contributed by atoms with Crippen molar-refractivity contribution in [1.82, 2.24) is 10.2 Å². The normalized spacial score (nSPS) is 24.2. The summed E-state index contributed by atoms with van der Waals surface area (Å²) < 4.78 is 12.8. The van der Waals surface area contributed by atoms with Crippen LogP contribution in [0.5, 0.6) is 0 Å². The Hall–Kier alpha value is -0.930. The molecule has 1 aliphatic heterocycles. The Labute approximate surface area is 122 Å². The zero-order valence-corrected chi connectivity index (χ0v) is 12.7. The molecule has 2 rings (SSSR count). The van der Waals surface area contributed by atoms with E-state index in [9.17, 15) is 4.39 Å². The Morgan fingerprint density at radius 2 is 2.05 bits per heavy atom. The van der Waals surface area contributed by atoms with Crippen LogP contribution < -0.4 is 5.32 Å². The number of piperazine rings is 1. The molecule has 0 bridgehead atoms. The SMILES string of the molecule is CC(C)CC1CN(CCF)C(Cc2ccccc2)CN1. The van der Waals surface area contributed by atoms with E-state index in [4.69, 9.17) is 0 Å². The number of nitrogens with zero attached hydrogens (tertiary/aromatic N) is 1. The van der Waals surface area contributed by atoms with E-state index in [-0.39, 0.29) is 6.67 Å². The van der Waals surface area contributed by atoms with Crippen LogP contribution in [0.3, 0.4) is 0 Å². The lowest BCUT2D eigenvalue weighted by Gasteiger charge is -2.40. The highest BCUT2D eigenvalue weighted by atomic mass is 19.1. The van der Waals surface area contributed by atoms with Gasteiger partial charge < -0.3 is 5.32 Å². The van der Waals surface area contributed by atoms with Crippen LogP contribution in [0, 0.1) is 5.92 Å². The minimum absolute atomic E-state index is 0.250. The second-order valence-electron chi connectivity index (χ2n) is 6.26. The molecule has 1 aromatic rings. The first-order chi connectivity index (χ1) is 9.69. The molecule has 1 aliphatic rings. The topological polar surface area (TPSA) is 15.3 Å². The molecule has 1 fully saturated rings.